The fraction of sp³-hybridized carbons (Fsp3) is 0.105. The molecule has 2 N–H and O–H groups in total. The quantitative estimate of drug-likeness (QED) is 0.634. The van der Waals surface area contributed by atoms with Gasteiger partial charge < -0.3 is 15.0 Å². The molecule has 0 saturated carbocycles. The molecule has 7 heteroatoms. The molecule has 2 aromatic carbocycles. The molecule has 0 spiro atoms. The molecule has 1 unspecified atom stereocenters. The predicted molar refractivity (Wildman–Crippen MR) is 101 cm³/mol. The van der Waals surface area contributed by atoms with Gasteiger partial charge in [0.2, 0.25) is 0 Å². The smallest absolute Gasteiger partial charge is 0.356 e. The van der Waals surface area contributed by atoms with Crippen molar-refractivity contribution in [3.63, 3.8) is 0 Å². The summed E-state index contributed by atoms with van der Waals surface area (Å²) < 4.78 is 5.85. The molecule has 3 aromatic rings. The summed E-state index contributed by atoms with van der Waals surface area (Å²) in [5.74, 6) is -1.12. The van der Waals surface area contributed by atoms with Crippen LogP contribution in [0.25, 0.3) is 10.9 Å². The molecule has 1 heterocycles. The Labute approximate surface area is 157 Å². The summed E-state index contributed by atoms with van der Waals surface area (Å²) in [6.45, 7) is 1.48. The van der Waals surface area contributed by atoms with E-state index in [-0.39, 0.29) is 5.69 Å². The van der Waals surface area contributed by atoms with Crippen LogP contribution in [0.3, 0.4) is 0 Å². The Balaban J connectivity index is 1.71. The number of nitrogens with one attached hydrogen (secondary N) is 2. The number of amides is 1. The summed E-state index contributed by atoms with van der Waals surface area (Å²) in [5, 5.41) is 12.4. The third-order valence-corrected chi connectivity index (χ3v) is 4.58. The molecule has 1 aromatic heterocycles. The topological polar surface area (TPSA) is 95.0 Å². The Morgan fingerprint density at radius 3 is 2.73 bits per heavy atom. The van der Waals surface area contributed by atoms with Crippen LogP contribution in [0.4, 0.5) is 5.69 Å². The number of esters is 1. The van der Waals surface area contributed by atoms with Crippen molar-refractivity contribution < 1.29 is 14.3 Å². The van der Waals surface area contributed by atoms with Crippen molar-refractivity contribution in [2.75, 3.05) is 5.32 Å². The number of hydrogen-bond acceptors (Lipinski definition) is 4. The van der Waals surface area contributed by atoms with Crippen molar-refractivity contribution in [3.05, 3.63) is 64.3 Å². The maximum atomic E-state index is 12.4. The number of nitriles is 1. The molecule has 0 aliphatic carbocycles. The maximum absolute atomic E-state index is 12.4. The lowest BCUT2D eigenvalue weighted by Crippen LogP contribution is -2.30. The average Bonchev–Trinajstić information content (AvgIpc) is 2.99. The fourth-order valence-electron chi connectivity index (χ4n) is 2.43. The van der Waals surface area contributed by atoms with Gasteiger partial charge in [0.15, 0.2) is 6.10 Å². The Kier molecular flexibility index (Phi) is 5.05. The molecule has 1 amide bonds. The van der Waals surface area contributed by atoms with Crippen molar-refractivity contribution in [2.45, 2.75) is 13.0 Å². The van der Waals surface area contributed by atoms with Crippen LogP contribution in [-0.2, 0) is 9.53 Å². The lowest BCUT2D eigenvalue weighted by Gasteiger charge is -2.13. The lowest BCUT2D eigenvalue weighted by molar-refractivity contribution is -0.123. The number of aromatic amines is 1. The van der Waals surface area contributed by atoms with E-state index >= 15 is 0 Å². The molecule has 6 nitrogen and oxygen atoms in total. The number of aromatic nitrogens is 1. The summed E-state index contributed by atoms with van der Waals surface area (Å²) in [6.07, 6.45) is -1.01. The van der Waals surface area contributed by atoms with Gasteiger partial charge in [-0.1, -0.05) is 24.3 Å². The second-order valence-corrected chi connectivity index (χ2v) is 6.38. The van der Waals surface area contributed by atoms with Gasteiger partial charge >= 0.3 is 5.97 Å². The van der Waals surface area contributed by atoms with E-state index in [2.05, 4.69) is 26.2 Å². The van der Waals surface area contributed by atoms with Crippen molar-refractivity contribution in [1.82, 2.24) is 4.98 Å². The van der Waals surface area contributed by atoms with Gasteiger partial charge in [-0.25, -0.2) is 4.79 Å². The summed E-state index contributed by atoms with van der Waals surface area (Å²) in [6, 6.07) is 15.9. The summed E-state index contributed by atoms with van der Waals surface area (Å²) in [4.78, 5) is 27.6. The molecule has 0 aliphatic rings. The number of benzene rings is 2. The van der Waals surface area contributed by atoms with E-state index in [9.17, 15) is 9.59 Å². The van der Waals surface area contributed by atoms with E-state index in [1.165, 1.54) is 6.92 Å². The largest absolute Gasteiger partial charge is 0.448 e. The molecule has 130 valence electrons. The summed E-state index contributed by atoms with van der Waals surface area (Å²) in [7, 11) is 0. The van der Waals surface area contributed by atoms with E-state index in [4.69, 9.17) is 10.00 Å². The molecule has 0 radical (unpaired) electrons. The van der Waals surface area contributed by atoms with Crippen molar-refractivity contribution in [2.24, 2.45) is 0 Å². The van der Waals surface area contributed by atoms with Crippen LogP contribution in [0.15, 0.2) is 53.0 Å². The van der Waals surface area contributed by atoms with E-state index in [1.54, 1.807) is 24.3 Å². The number of hydrogen-bond donors (Lipinski definition) is 2. The number of anilines is 1. The van der Waals surface area contributed by atoms with Crippen LogP contribution in [0.1, 0.15) is 23.0 Å². The number of H-pyrrole nitrogens is 1. The normalized spacial score (nSPS) is 11.6. The van der Waals surface area contributed by atoms with Gasteiger partial charge in [-0.15, -0.1) is 0 Å². The van der Waals surface area contributed by atoms with Gasteiger partial charge in [0.25, 0.3) is 5.91 Å². The first-order valence-corrected chi connectivity index (χ1v) is 8.57. The molecule has 26 heavy (non-hydrogen) atoms. The number of halogens is 1. The van der Waals surface area contributed by atoms with Crippen LogP contribution in [0, 0.1) is 11.3 Å². The highest BCUT2D eigenvalue weighted by molar-refractivity contribution is 9.10. The zero-order chi connectivity index (χ0) is 18.7. The number of para-hydroxylation sites is 1. The summed E-state index contributed by atoms with van der Waals surface area (Å²) in [5.41, 5.74) is 1.92. The van der Waals surface area contributed by atoms with Crippen LogP contribution < -0.4 is 5.32 Å². The van der Waals surface area contributed by atoms with Gasteiger partial charge in [0.1, 0.15) is 5.69 Å². The second kappa shape index (κ2) is 7.42. The highest BCUT2D eigenvalue weighted by atomic mass is 79.9. The van der Waals surface area contributed by atoms with Crippen molar-refractivity contribution in [1.29, 1.82) is 5.26 Å². The number of nitrogens with zero attached hydrogens (tertiary/aromatic N) is 1. The zero-order valence-electron chi connectivity index (χ0n) is 13.7. The van der Waals surface area contributed by atoms with Crippen LogP contribution in [-0.4, -0.2) is 23.0 Å². The number of rotatable bonds is 4. The SMILES string of the molecule is CC(OC(=O)c1[nH]c2ccccc2c1Br)C(=O)Nc1cccc(C#N)c1. The minimum absolute atomic E-state index is 0.248. The number of carbonyl (C=O) groups is 2. The summed E-state index contributed by atoms with van der Waals surface area (Å²) >= 11 is 3.39. The number of fused-ring (bicyclic) bond motifs is 1. The number of ether oxygens (including phenoxy) is 1. The first kappa shape index (κ1) is 17.7. The van der Waals surface area contributed by atoms with Crippen LogP contribution in [0.2, 0.25) is 0 Å². The highest BCUT2D eigenvalue weighted by Gasteiger charge is 2.23. The Bertz CT molecular complexity index is 1040. The van der Waals surface area contributed by atoms with Gasteiger partial charge in [-0.05, 0) is 47.1 Å². The van der Waals surface area contributed by atoms with Gasteiger partial charge in [-0.2, -0.15) is 5.26 Å². The standard InChI is InChI=1S/C19H14BrN3O3/c1-11(18(24)22-13-6-4-5-12(9-13)10-21)26-19(25)17-16(20)14-7-2-3-8-15(14)23-17/h2-9,11,23H,1H3,(H,22,24). The Morgan fingerprint density at radius 2 is 2.00 bits per heavy atom. The third kappa shape index (κ3) is 3.60. The third-order valence-electron chi connectivity index (χ3n) is 3.76. The van der Waals surface area contributed by atoms with Crippen LogP contribution >= 0.6 is 15.9 Å². The maximum Gasteiger partial charge on any atom is 0.356 e. The van der Waals surface area contributed by atoms with Crippen molar-refractivity contribution >= 4 is 44.4 Å². The van der Waals surface area contributed by atoms with E-state index in [0.717, 1.165) is 10.9 Å². The van der Waals surface area contributed by atoms with Gasteiger partial charge in [-0.3, -0.25) is 4.79 Å². The van der Waals surface area contributed by atoms with E-state index < -0.39 is 18.0 Å². The first-order valence-electron chi connectivity index (χ1n) is 7.78. The highest BCUT2D eigenvalue weighted by Crippen LogP contribution is 2.28. The molecule has 0 aliphatic heterocycles. The first-order chi connectivity index (χ1) is 12.5. The molecule has 0 fully saturated rings. The molecular weight excluding hydrogens is 398 g/mol. The van der Waals surface area contributed by atoms with Crippen molar-refractivity contribution in [3.8, 4) is 6.07 Å². The Morgan fingerprint density at radius 1 is 1.23 bits per heavy atom. The zero-order valence-corrected chi connectivity index (χ0v) is 15.3. The lowest BCUT2D eigenvalue weighted by atomic mass is 10.2. The fourth-order valence-corrected chi connectivity index (χ4v) is 3.04. The van der Waals surface area contributed by atoms with Gasteiger partial charge in [0, 0.05) is 16.6 Å². The monoisotopic (exact) mass is 411 g/mol. The van der Waals surface area contributed by atoms with Gasteiger partial charge in [0.05, 0.1) is 16.1 Å². The molecule has 3 rings (SSSR count). The minimum atomic E-state index is -1.01. The van der Waals surface area contributed by atoms with E-state index in [1.807, 2.05) is 30.3 Å². The van der Waals surface area contributed by atoms with E-state index in [0.29, 0.717) is 15.7 Å². The molecular formula is C19H14BrN3O3. The molecule has 0 bridgehead atoms. The molecule has 1 atom stereocenters. The predicted octanol–water partition coefficient (Wildman–Crippen LogP) is 3.99. The average molecular weight is 412 g/mol. The number of carbonyl (C=O) groups excluding carboxylic acids is 2. The minimum Gasteiger partial charge on any atom is -0.448 e. The molecule has 0 saturated heterocycles. The second-order valence-electron chi connectivity index (χ2n) is 5.59. The van der Waals surface area contributed by atoms with Crippen LogP contribution in [0.5, 0.6) is 0 Å². The Hall–Kier alpha value is -3.11.